The van der Waals surface area contributed by atoms with Crippen LogP contribution in [0, 0.1) is 11.3 Å². The van der Waals surface area contributed by atoms with Crippen LogP contribution >= 0.6 is 11.6 Å². The Balaban J connectivity index is 1.79. The molecular formula is C20H20ClN3O3. The van der Waals surface area contributed by atoms with Crippen LogP contribution in [-0.2, 0) is 4.79 Å². The third kappa shape index (κ3) is 3.40. The van der Waals surface area contributed by atoms with Gasteiger partial charge in [0.25, 0.3) is 0 Å². The number of aliphatic carboxylic acids is 1. The minimum absolute atomic E-state index is 0.280. The molecular weight excluding hydrogens is 366 g/mol. The smallest absolute Gasteiger partial charge is 0.328 e. The van der Waals surface area contributed by atoms with E-state index in [1.165, 1.54) is 0 Å². The summed E-state index contributed by atoms with van der Waals surface area (Å²) in [6.07, 6.45) is 4.56. The van der Waals surface area contributed by atoms with Gasteiger partial charge >= 0.3 is 5.97 Å². The van der Waals surface area contributed by atoms with Gasteiger partial charge in [0.15, 0.2) is 5.75 Å². The van der Waals surface area contributed by atoms with Crippen molar-refractivity contribution in [3.8, 4) is 17.6 Å². The molecule has 6 nitrogen and oxygen atoms in total. The molecule has 2 aliphatic carbocycles. The van der Waals surface area contributed by atoms with E-state index in [1.807, 2.05) is 13.0 Å². The van der Waals surface area contributed by atoms with Gasteiger partial charge in [-0.2, -0.15) is 10.4 Å². The van der Waals surface area contributed by atoms with Gasteiger partial charge in [-0.15, -0.1) is 0 Å². The monoisotopic (exact) mass is 385 g/mol. The Morgan fingerprint density at radius 3 is 2.63 bits per heavy atom. The number of hydrogen-bond acceptors (Lipinski definition) is 4. The molecule has 0 spiro atoms. The van der Waals surface area contributed by atoms with Gasteiger partial charge in [-0.1, -0.05) is 18.5 Å². The minimum atomic E-state index is -0.878. The van der Waals surface area contributed by atoms with Crippen molar-refractivity contribution in [1.29, 1.82) is 5.26 Å². The standard InChI is InChI=1S/C20H20ClN3O3/c1-2-16(20(25)26)24-18(12-5-6-12)19(17(23-24)11-3-4-11)27-14-8-7-13(10-22)15(21)9-14/h7-9,11-12,16H,2-6H2,1H3,(H,25,26). The quantitative estimate of drug-likeness (QED) is 0.725. The molecule has 0 radical (unpaired) electrons. The molecule has 27 heavy (non-hydrogen) atoms. The van der Waals surface area contributed by atoms with Crippen LogP contribution < -0.4 is 4.74 Å². The number of nitriles is 1. The van der Waals surface area contributed by atoms with Crippen molar-refractivity contribution in [1.82, 2.24) is 9.78 Å². The second-order valence-electron chi connectivity index (χ2n) is 7.21. The number of hydrogen-bond donors (Lipinski definition) is 1. The first-order chi connectivity index (χ1) is 13.0. The lowest BCUT2D eigenvalue weighted by Gasteiger charge is -2.15. The maximum atomic E-state index is 11.8. The molecule has 1 heterocycles. The lowest BCUT2D eigenvalue weighted by Crippen LogP contribution is -2.21. The summed E-state index contributed by atoms with van der Waals surface area (Å²) in [5.74, 6) is 0.935. The molecule has 2 saturated carbocycles. The fourth-order valence-corrected chi connectivity index (χ4v) is 3.58. The number of aromatic nitrogens is 2. The molecule has 140 valence electrons. The van der Waals surface area contributed by atoms with E-state index >= 15 is 0 Å². The van der Waals surface area contributed by atoms with Gasteiger partial charge in [-0.25, -0.2) is 4.79 Å². The van der Waals surface area contributed by atoms with E-state index < -0.39 is 12.0 Å². The maximum absolute atomic E-state index is 11.8. The van der Waals surface area contributed by atoms with Crippen molar-refractivity contribution in [3.05, 3.63) is 40.2 Å². The second-order valence-corrected chi connectivity index (χ2v) is 7.62. The van der Waals surface area contributed by atoms with Crippen molar-refractivity contribution in [2.75, 3.05) is 0 Å². The highest BCUT2D eigenvalue weighted by Crippen LogP contribution is 2.52. The minimum Gasteiger partial charge on any atom is -0.480 e. The average molecular weight is 386 g/mol. The summed E-state index contributed by atoms with van der Waals surface area (Å²) in [4.78, 5) is 11.8. The van der Waals surface area contributed by atoms with Gasteiger partial charge in [0.2, 0.25) is 0 Å². The van der Waals surface area contributed by atoms with Crippen molar-refractivity contribution in [3.63, 3.8) is 0 Å². The number of carboxylic acid groups (broad SMARTS) is 1. The molecule has 1 atom stereocenters. The normalized spacial score (nSPS) is 17.4. The van der Waals surface area contributed by atoms with Crippen LogP contribution in [0.3, 0.4) is 0 Å². The van der Waals surface area contributed by atoms with Crippen molar-refractivity contribution in [2.45, 2.75) is 56.9 Å². The van der Waals surface area contributed by atoms with Crippen molar-refractivity contribution < 1.29 is 14.6 Å². The molecule has 0 saturated heterocycles. The summed E-state index contributed by atoms with van der Waals surface area (Å²) >= 11 is 6.14. The fraction of sp³-hybridized carbons (Fsp3) is 0.450. The highest BCUT2D eigenvalue weighted by Gasteiger charge is 2.40. The van der Waals surface area contributed by atoms with Crippen molar-refractivity contribution >= 4 is 17.6 Å². The average Bonchev–Trinajstić information content (AvgIpc) is 3.55. The van der Waals surface area contributed by atoms with Crippen LogP contribution in [0.4, 0.5) is 0 Å². The molecule has 1 aromatic heterocycles. The number of nitrogens with zero attached hydrogens (tertiary/aromatic N) is 3. The van der Waals surface area contributed by atoms with E-state index in [9.17, 15) is 9.90 Å². The topological polar surface area (TPSA) is 88.1 Å². The molecule has 4 rings (SSSR count). The van der Waals surface area contributed by atoms with Crippen molar-refractivity contribution in [2.24, 2.45) is 0 Å². The van der Waals surface area contributed by atoms with Gasteiger partial charge in [-0.05, 0) is 44.2 Å². The Morgan fingerprint density at radius 1 is 1.41 bits per heavy atom. The molecule has 2 aliphatic rings. The Morgan fingerprint density at radius 2 is 2.11 bits per heavy atom. The van der Waals surface area contributed by atoms with Gasteiger partial charge in [0, 0.05) is 17.9 Å². The number of rotatable bonds is 7. The third-order valence-electron chi connectivity index (χ3n) is 5.10. The van der Waals surface area contributed by atoms with Crippen LogP contribution in [0.1, 0.15) is 73.9 Å². The Kier molecular flexibility index (Phi) is 4.56. The second kappa shape index (κ2) is 6.90. The first kappa shape index (κ1) is 17.9. The highest BCUT2D eigenvalue weighted by atomic mass is 35.5. The van der Waals surface area contributed by atoms with Crippen LogP contribution in [0.15, 0.2) is 18.2 Å². The SMILES string of the molecule is CCC(C(=O)O)n1nc(C2CC2)c(Oc2ccc(C#N)c(Cl)c2)c1C1CC1. The molecule has 1 aromatic carbocycles. The number of carboxylic acids is 1. The van der Waals surface area contributed by atoms with E-state index in [-0.39, 0.29) is 5.92 Å². The zero-order chi connectivity index (χ0) is 19.1. The van der Waals surface area contributed by atoms with E-state index in [1.54, 1.807) is 22.9 Å². The lowest BCUT2D eigenvalue weighted by molar-refractivity contribution is -0.141. The Hall–Kier alpha value is -2.52. The summed E-state index contributed by atoms with van der Waals surface area (Å²) in [5.41, 5.74) is 2.12. The van der Waals surface area contributed by atoms with Crippen LogP contribution in [0.5, 0.6) is 11.5 Å². The third-order valence-corrected chi connectivity index (χ3v) is 5.42. The zero-order valence-electron chi connectivity index (χ0n) is 15.0. The summed E-state index contributed by atoms with van der Waals surface area (Å²) in [7, 11) is 0. The molecule has 2 fully saturated rings. The highest BCUT2D eigenvalue weighted by molar-refractivity contribution is 6.31. The molecule has 0 amide bonds. The summed E-state index contributed by atoms with van der Waals surface area (Å²) < 4.78 is 7.88. The van der Waals surface area contributed by atoms with Gasteiger partial charge in [0.05, 0.1) is 16.3 Å². The summed E-state index contributed by atoms with van der Waals surface area (Å²) in [6, 6.07) is 6.30. The number of benzene rings is 1. The molecule has 1 unspecified atom stereocenters. The van der Waals surface area contributed by atoms with Gasteiger partial charge < -0.3 is 9.84 Å². The Bertz CT molecular complexity index is 939. The number of halogens is 1. The van der Waals surface area contributed by atoms with E-state index in [0.29, 0.717) is 34.4 Å². The van der Waals surface area contributed by atoms with Gasteiger partial charge in [0.1, 0.15) is 23.6 Å². The largest absolute Gasteiger partial charge is 0.480 e. The summed E-state index contributed by atoms with van der Waals surface area (Å²) in [5, 5.41) is 23.7. The first-order valence-corrected chi connectivity index (χ1v) is 9.63. The predicted molar refractivity (Wildman–Crippen MR) is 99.4 cm³/mol. The molecule has 0 bridgehead atoms. The predicted octanol–water partition coefficient (Wildman–Crippen LogP) is 4.99. The summed E-state index contributed by atoms with van der Waals surface area (Å²) in [6.45, 7) is 1.86. The molecule has 7 heteroatoms. The molecule has 2 aromatic rings. The first-order valence-electron chi connectivity index (χ1n) is 9.26. The number of carbonyl (C=O) groups is 1. The van der Waals surface area contributed by atoms with Crippen LogP contribution in [-0.4, -0.2) is 20.9 Å². The fourth-order valence-electron chi connectivity index (χ4n) is 3.37. The van der Waals surface area contributed by atoms with Gasteiger partial charge in [-0.3, -0.25) is 4.68 Å². The zero-order valence-corrected chi connectivity index (χ0v) is 15.7. The van der Waals surface area contributed by atoms with E-state index in [4.69, 9.17) is 26.7 Å². The van der Waals surface area contributed by atoms with Crippen LogP contribution in [0.25, 0.3) is 0 Å². The Labute approximate surface area is 162 Å². The van der Waals surface area contributed by atoms with Crippen LogP contribution in [0.2, 0.25) is 5.02 Å². The van der Waals surface area contributed by atoms with E-state index in [2.05, 4.69) is 0 Å². The molecule has 1 N–H and O–H groups in total. The maximum Gasteiger partial charge on any atom is 0.328 e. The number of ether oxygens (including phenoxy) is 1. The lowest BCUT2D eigenvalue weighted by atomic mass is 10.1. The molecule has 0 aliphatic heterocycles. The van der Waals surface area contributed by atoms with E-state index in [0.717, 1.165) is 37.1 Å².